The summed E-state index contributed by atoms with van der Waals surface area (Å²) in [6, 6.07) is 12.8. The van der Waals surface area contributed by atoms with Gasteiger partial charge in [-0.3, -0.25) is 0 Å². The summed E-state index contributed by atoms with van der Waals surface area (Å²) in [5.74, 6) is -0.896. The normalized spacial score (nSPS) is 14.4. The molecule has 0 unspecified atom stereocenters. The number of halogens is 1. The van der Waals surface area contributed by atoms with Crippen molar-refractivity contribution in [1.82, 2.24) is 0 Å². The van der Waals surface area contributed by atoms with E-state index in [1.54, 1.807) is 6.07 Å². The molecule has 0 aromatic heterocycles. The minimum absolute atomic E-state index is 0.311. The van der Waals surface area contributed by atoms with E-state index in [4.69, 9.17) is 5.11 Å². The zero-order chi connectivity index (χ0) is 14.7. The Morgan fingerprint density at radius 2 is 1.76 bits per heavy atom. The molecule has 0 bridgehead atoms. The molecule has 0 spiro atoms. The Morgan fingerprint density at radius 1 is 1.05 bits per heavy atom. The number of nitrogens with zero attached hydrogens (tertiary/aromatic N) is 1. The first-order valence-electron chi connectivity index (χ1n) is 7.29. The van der Waals surface area contributed by atoms with Gasteiger partial charge in [-0.1, -0.05) is 6.07 Å². The third kappa shape index (κ3) is 3.27. The van der Waals surface area contributed by atoms with Crippen molar-refractivity contribution >= 4 is 11.4 Å². The van der Waals surface area contributed by atoms with Crippen molar-refractivity contribution in [2.24, 2.45) is 0 Å². The molecule has 2 aromatic rings. The summed E-state index contributed by atoms with van der Waals surface area (Å²) in [7, 11) is 0. The lowest BCUT2D eigenvalue weighted by atomic mass is 10.2. The van der Waals surface area contributed by atoms with Crippen molar-refractivity contribution in [2.75, 3.05) is 23.3 Å². The van der Waals surface area contributed by atoms with Gasteiger partial charge in [-0.05, 0) is 54.8 Å². The van der Waals surface area contributed by atoms with E-state index in [1.807, 2.05) is 12.1 Å². The van der Waals surface area contributed by atoms with Crippen LogP contribution in [0.5, 0.6) is 5.75 Å². The van der Waals surface area contributed by atoms with Gasteiger partial charge in [-0.2, -0.15) is 0 Å². The van der Waals surface area contributed by atoms with Crippen LogP contribution in [0.15, 0.2) is 42.5 Å². The van der Waals surface area contributed by atoms with Crippen LogP contribution in [-0.4, -0.2) is 18.2 Å². The van der Waals surface area contributed by atoms with E-state index < -0.39 is 5.82 Å². The van der Waals surface area contributed by atoms with Crippen molar-refractivity contribution in [2.45, 2.75) is 19.4 Å². The van der Waals surface area contributed by atoms with Crippen LogP contribution < -0.4 is 10.2 Å². The molecule has 3 nitrogen and oxygen atoms in total. The number of hydrogen-bond acceptors (Lipinski definition) is 3. The van der Waals surface area contributed by atoms with Gasteiger partial charge >= 0.3 is 0 Å². The fourth-order valence-corrected chi connectivity index (χ4v) is 2.63. The number of aromatic hydroxyl groups is 1. The van der Waals surface area contributed by atoms with Crippen LogP contribution in [0.25, 0.3) is 0 Å². The molecule has 2 aromatic carbocycles. The smallest absolute Gasteiger partial charge is 0.165 e. The van der Waals surface area contributed by atoms with Crippen LogP contribution in [0.3, 0.4) is 0 Å². The third-order valence-corrected chi connectivity index (χ3v) is 3.85. The van der Waals surface area contributed by atoms with Crippen LogP contribution >= 0.6 is 0 Å². The lowest BCUT2D eigenvalue weighted by Gasteiger charge is -2.18. The van der Waals surface area contributed by atoms with Crippen molar-refractivity contribution in [1.29, 1.82) is 0 Å². The van der Waals surface area contributed by atoms with Crippen LogP contribution in [0.2, 0.25) is 0 Å². The zero-order valence-electron chi connectivity index (χ0n) is 11.8. The highest BCUT2D eigenvalue weighted by Gasteiger charge is 2.11. The molecule has 1 fully saturated rings. The van der Waals surface area contributed by atoms with E-state index in [-0.39, 0.29) is 5.75 Å². The number of rotatable bonds is 4. The Labute approximate surface area is 124 Å². The SMILES string of the molecule is Oc1ccc(CNc2ccc(N3CCCC3)cc2)cc1F. The van der Waals surface area contributed by atoms with E-state index >= 15 is 0 Å². The molecule has 21 heavy (non-hydrogen) atoms. The Bertz CT molecular complexity index is 607. The second-order valence-electron chi connectivity index (χ2n) is 5.38. The van der Waals surface area contributed by atoms with E-state index in [0.29, 0.717) is 6.54 Å². The van der Waals surface area contributed by atoms with E-state index in [0.717, 1.165) is 24.3 Å². The quantitative estimate of drug-likeness (QED) is 0.898. The Morgan fingerprint density at radius 3 is 2.43 bits per heavy atom. The number of nitrogens with one attached hydrogen (secondary N) is 1. The highest BCUT2D eigenvalue weighted by atomic mass is 19.1. The van der Waals surface area contributed by atoms with Crippen LogP contribution in [-0.2, 0) is 6.54 Å². The maximum absolute atomic E-state index is 13.2. The molecular formula is C17H19FN2O. The number of benzene rings is 2. The maximum Gasteiger partial charge on any atom is 0.165 e. The first-order chi connectivity index (χ1) is 10.2. The molecule has 1 saturated heterocycles. The second-order valence-corrected chi connectivity index (χ2v) is 5.38. The average Bonchev–Trinajstić information content (AvgIpc) is 3.03. The van der Waals surface area contributed by atoms with Crippen molar-refractivity contribution in [3.8, 4) is 5.75 Å². The van der Waals surface area contributed by atoms with Gasteiger partial charge in [0, 0.05) is 31.0 Å². The standard InChI is InChI=1S/C17H19FN2O/c18-16-11-13(3-8-17(16)21)12-19-14-4-6-15(7-5-14)20-9-1-2-10-20/h3-8,11,19,21H,1-2,9-10,12H2. The van der Waals surface area contributed by atoms with E-state index in [2.05, 4.69) is 22.3 Å². The minimum atomic E-state index is -0.585. The van der Waals surface area contributed by atoms with Gasteiger partial charge in [0.05, 0.1) is 0 Å². The summed E-state index contributed by atoms with van der Waals surface area (Å²) in [5, 5.41) is 12.4. The Hall–Kier alpha value is -2.23. The first kappa shape index (κ1) is 13.7. The number of hydrogen-bond donors (Lipinski definition) is 2. The van der Waals surface area contributed by atoms with Gasteiger partial charge < -0.3 is 15.3 Å². The summed E-state index contributed by atoms with van der Waals surface area (Å²) in [4.78, 5) is 2.39. The summed E-state index contributed by atoms with van der Waals surface area (Å²) < 4.78 is 13.2. The Kier molecular flexibility index (Phi) is 3.95. The summed E-state index contributed by atoms with van der Waals surface area (Å²) in [6.07, 6.45) is 2.54. The van der Waals surface area contributed by atoms with Gasteiger partial charge in [0.1, 0.15) is 0 Å². The molecule has 1 aliphatic rings. The molecule has 0 atom stereocenters. The highest BCUT2D eigenvalue weighted by molar-refractivity contribution is 5.55. The van der Waals surface area contributed by atoms with Crippen molar-refractivity contribution in [3.63, 3.8) is 0 Å². The van der Waals surface area contributed by atoms with E-state index in [1.165, 1.54) is 30.7 Å². The van der Waals surface area contributed by atoms with Crippen LogP contribution in [0, 0.1) is 5.82 Å². The van der Waals surface area contributed by atoms with E-state index in [9.17, 15) is 4.39 Å². The summed E-state index contributed by atoms with van der Waals surface area (Å²) >= 11 is 0. The predicted octanol–water partition coefficient (Wildman–Crippen LogP) is 3.74. The molecular weight excluding hydrogens is 267 g/mol. The predicted molar refractivity (Wildman–Crippen MR) is 83.3 cm³/mol. The fourth-order valence-electron chi connectivity index (χ4n) is 2.63. The van der Waals surface area contributed by atoms with Crippen LogP contribution in [0.1, 0.15) is 18.4 Å². The maximum atomic E-state index is 13.2. The van der Waals surface area contributed by atoms with Gasteiger partial charge in [-0.15, -0.1) is 0 Å². The largest absolute Gasteiger partial charge is 0.505 e. The number of phenolic OH excluding ortho intramolecular Hbond substituents is 1. The van der Waals surface area contributed by atoms with Gasteiger partial charge in [0.2, 0.25) is 0 Å². The van der Waals surface area contributed by atoms with Gasteiger partial charge in [0.15, 0.2) is 11.6 Å². The number of anilines is 2. The molecule has 0 radical (unpaired) electrons. The molecule has 0 amide bonds. The molecule has 2 N–H and O–H groups in total. The molecule has 1 aliphatic heterocycles. The molecule has 3 rings (SSSR count). The van der Waals surface area contributed by atoms with Gasteiger partial charge in [-0.25, -0.2) is 4.39 Å². The second kappa shape index (κ2) is 6.04. The van der Waals surface area contributed by atoms with Gasteiger partial charge in [0.25, 0.3) is 0 Å². The molecule has 0 aliphatic carbocycles. The number of phenols is 1. The zero-order valence-corrected chi connectivity index (χ0v) is 11.8. The monoisotopic (exact) mass is 286 g/mol. The molecule has 110 valence electrons. The highest BCUT2D eigenvalue weighted by Crippen LogP contribution is 2.22. The minimum Gasteiger partial charge on any atom is -0.505 e. The molecule has 4 heteroatoms. The van der Waals surface area contributed by atoms with Crippen LogP contribution in [0.4, 0.5) is 15.8 Å². The van der Waals surface area contributed by atoms with Crippen molar-refractivity contribution in [3.05, 3.63) is 53.8 Å². The first-order valence-corrected chi connectivity index (χ1v) is 7.29. The fraction of sp³-hybridized carbons (Fsp3) is 0.294. The van der Waals surface area contributed by atoms with Crippen molar-refractivity contribution < 1.29 is 9.50 Å². The average molecular weight is 286 g/mol. The Balaban J connectivity index is 1.61. The lowest BCUT2D eigenvalue weighted by molar-refractivity contribution is 0.432. The summed E-state index contributed by atoms with van der Waals surface area (Å²) in [6.45, 7) is 2.80. The topological polar surface area (TPSA) is 35.5 Å². The third-order valence-electron chi connectivity index (χ3n) is 3.85. The molecule has 1 heterocycles. The summed E-state index contributed by atoms with van der Waals surface area (Å²) in [5.41, 5.74) is 3.06. The molecule has 0 saturated carbocycles. The lowest BCUT2D eigenvalue weighted by Crippen LogP contribution is -2.17.